The highest BCUT2D eigenvalue weighted by atomic mass is 35.5. The Hall–Kier alpha value is -2.83. The number of sulfonamides is 1. The summed E-state index contributed by atoms with van der Waals surface area (Å²) in [5.41, 5.74) is 3.51. The van der Waals surface area contributed by atoms with Gasteiger partial charge in [0.15, 0.2) is 0 Å². The number of halogens is 1. The Morgan fingerprint density at radius 1 is 0.970 bits per heavy atom. The molecule has 0 aliphatic heterocycles. The predicted octanol–water partition coefficient (Wildman–Crippen LogP) is 6.27. The van der Waals surface area contributed by atoms with E-state index in [2.05, 4.69) is 23.9 Å². The van der Waals surface area contributed by atoms with Crippen LogP contribution >= 0.6 is 11.6 Å². The number of rotatable bonds is 8. The van der Waals surface area contributed by atoms with Crippen molar-refractivity contribution >= 4 is 33.2 Å². The average molecular weight is 485 g/mol. The van der Waals surface area contributed by atoms with Crippen LogP contribution in [0.4, 0.5) is 5.69 Å². The summed E-state index contributed by atoms with van der Waals surface area (Å²) in [6.45, 7) is 7.95. The molecule has 3 aromatic rings. The highest BCUT2D eigenvalue weighted by Crippen LogP contribution is 2.28. The Labute approximate surface area is 201 Å². The SMILES string of the molecule is Cc1ccc(NS(=O)(=O)c2cc(C(=O)N[C@@H](CC(C)C)c3ccccc3)ccc2Cl)c(C)c1. The summed E-state index contributed by atoms with van der Waals surface area (Å²) in [7, 11) is -4.00. The summed E-state index contributed by atoms with van der Waals surface area (Å²) in [4.78, 5) is 12.9. The summed E-state index contributed by atoms with van der Waals surface area (Å²) >= 11 is 6.24. The minimum Gasteiger partial charge on any atom is -0.345 e. The first-order valence-corrected chi connectivity index (χ1v) is 12.7. The van der Waals surface area contributed by atoms with Gasteiger partial charge < -0.3 is 5.32 Å². The fourth-order valence-corrected chi connectivity index (χ4v) is 5.31. The van der Waals surface area contributed by atoms with Crippen LogP contribution in [-0.2, 0) is 10.0 Å². The standard InChI is InChI=1S/C26H29ClN2O3S/c1-17(2)14-24(20-8-6-5-7-9-20)28-26(30)21-11-12-22(27)25(16-21)33(31,32)29-23-13-10-18(3)15-19(23)4/h5-13,15-17,24,29H,14H2,1-4H3,(H,28,30)/t24-/m0/s1. The van der Waals surface area contributed by atoms with Crippen molar-refractivity contribution in [1.82, 2.24) is 5.32 Å². The van der Waals surface area contributed by atoms with Gasteiger partial charge in [-0.2, -0.15) is 0 Å². The molecule has 174 valence electrons. The molecule has 33 heavy (non-hydrogen) atoms. The van der Waals surface area contributed by atoms with Crippen LogP contribution in [-0.4, -0.2) is 14.3 Å². The van der Waals surface area contributed by atoms with Crippen LogP contribution in [0.25, 0.3) is 0 Å². The van der Waals surface area contributed by atoms with E-state index in [1.54, 1.807) is 6.07 Å². The number of amides is 1. The Morgan fingerprint density at radius 2 is 1.67 bits per heavy atom. The normalized spacial score (nSPS) is 12.4. The molecule has 0 fully saturated rings. The molecule has 0 aliphatic rings. The fourth-order valence-electron chi connectivity index (χ4n) is 3.66. The maximum absolute atomic E-state index is 13.1. The van der Waals surface area contributed by atoms with E-state index in [9.17, 15) is 13.2 Å². The third kappa shape index (κ3) is 6.36. The first-order valence-electron chi connectivity index (χ1n) is 10.8. The lowest BCUT2D eigenvalue weighted by Gasteiger charge is -2.21. The van der Waals surface area contributed by atoms with Crippen LogP contribution in [0.2, 0.25) is 5.02 Å². The molecule has 0 aromatic heterocycles. The molecule has 1 atom stereocenters. The van der Waals surface area contributed by atoms with Crippen LogP contribution < -0.4 is 10.0 Å². The van der Waals surface area contributed by atoms with Crippen molar-refractivity contribution in [2.24, 2.45) is 5.92 Å². The molecule has 3 rings (SSSR count). The molecular weight excluding hydrogens is 456 g/mol. The number of aryl methyl sites for hydroxylation is 2. The second kappa shape index (κ2) is 10.4. The molecule has 5 nitrogen and oxygen atoms in total. The van der Waals surface area contributed by atoms with Gasteiger partial charge in [0, 0.05) is 5.56 Å². The monoisotopic (exact) mass is 484 g/mol. The zero-order chi connectivity index (χ0) is 24.2. The van der Waals surface area contributed by atoms with Crippen molar-refractivity contribution in [1.29, 1.82) is 0 Å². The average Bonchev–Trinajstić information content (AvgIpc) is 2.75. The number of nitrogens with one attached hydrogen (secondary N) is 2. The molecule has 3 aromatic carbocycles. The summed E-state index contributed by atoms with van der Waals surface area (Å²) < 4.78 is 28.8. The van der Waals surface area contributed by atoms with Gasteiger partial charge >= 0.3 is 0 Å². The van der Waals surface area contributed by atoms with Gasteiger partial charge in [-0.1, -0.05) is 73.5 Å². The largest absolute Gasteiger partial charge is 0.345 e. The quantitative estimate of drug-likeness (QED) is 0.395. The van der Waals surface area contributed by atoms with E-state index in [4.69, 9.17) is 11.6 Å². The maximum atomic E-state index is 13.1. The Morgan fingerprint density at radius 3 is 2.30 bits per heavy atom. The molecular formula is C26H29ClN2O3S. The molecule has 0 saturated heterocycles. The molecule has 0 radical (unpaired) electrons. The number of hydrogen-bond acceptors (Lipinski definition) is 3. The van der Waals surface area contributed by atoms with Crippen LogP contribution in [0.5, 0.6) is 0 Å². The van der Waals surface area contributed by atoms with Gasteiger partial charge in [0.25, 0.3) is 15.9 Å². The van der Waals surface area contributed by atoms with Gasteiger partial charge in [-0.3, -0.25) is 9.52 Å². The number of anilines is 1. The van der Waals surface area contributed by atoms with E-state index in [0.29, 0.717) is 11.6 Å². The highest BCUT2D eigenvalue weighted by Gasteiger charge is 2.23. The Balaban J connectivity index is 1.88. The Kier molecular flexibility index (Phi) is 7.82. The van der Waals surface area contributed by atoms with Gasteiger partial charge in [-0.05, 0) is 61.6 Å². The van der Waals surface area contributed by atoms with Crippen molar-refractivity contribution in [2.45, 2.75) is 45.1 Å². The Bertz CT molecular complexity index is 1240. The van der Waals surface area contributed by atoms with E-state index < -0.39 is 10.0 Å². The van der Waals surface area contributed by atoms with Gasteiger partial charge in [-0.25, -0.2) is 8.42 Å². The van der Waals surface area contributed by atoms with E-state index in [1.165, 1.54) is 18.2 Å². The molecule has 0 unspecified atom stereocenters. The number of benzene rings is 3. The second-order valence-corrected chi connectivity index (χ2v) is 10.7. The van der Waals surface area contributed by atoms with Crippen molar-refractivity contribution in [2.75, 3.05) is 4.72 Å². The molecule has 2 N–H and O–H groups in total. The van der Waals surface area contributed by atoms with Gasteiger partial charge in [0.2, 0.25) is 0 Å². The van der Waals surface area contributed by atoms with Crippen LogP contribution in [0, 0.1) is 19.8 Å². The zero-order valence-electron chi connectivity index (χ0n) is 19.2. The molecule has 0 bridgehead atoms. The van der Waals surface area contributed by atoms with Crippen LogP contribution in [0.15, 0.2) is 71.6 Å². The van der Waals surface area contributed by atoms with Crippen LogP contribution in [0.1, 0.15) is 53.4 Å². The lowest BCUT2D eigenvalue weighted by molar-refractivity contribution is 0.0931. The molecule has 1 amide bonds. The second-order valence-electron chi connectivity index (χ2n) is 8.64. The molecule has 0 aliphatic carbocycles. The highest BCUT2D eigenvalue weighted by molar-refractivity contribution is 7.92. The third-order valence-corrected chi connectivity index (χ3v) is 7.17. The van der Waals surface area contributed by atoms with Crippen molar-refractivity contribution < 1.29 is 13.2 Å². The lowest BCUT2D eigenvalue weighted by Crippen LogP contribution is -2.29. The lowest BCUT2D eigenvalue weighted by atomic mass is 9.96. The number of carbonyl (C=O) groups excluding carboxylic acids is 1. The maximum Gasteiger partial charge on any atom is 0.263 e. The van der Waals surface area contributed by atoms with Crippen molar-refractivity contribution in [3.05, 3.63) is 94.0 Å². The number of hydrogen-bond donors (Lipinski definition) is 2. The number of carbonyl (C=O) groups is 1. The van der Waals surface area contributed by atoms with E-state index in [0.717, 1.165) is 23.1 Å². The molecule has 0 spiro atoms. The zero-order valence-corrected chi connectivity index (χ0v) is 20.8. The summed E-state index contributed by atoms with van der Waals surface area (Å²) in [6, 6.07) is 19.3. The first kappa shape index (κ1) is 24.8. The smallest absolute Gasteiger partial charge is 0.263 e. The minimum atomic E-state index is -4.00. The van der Waals surface area contributed by atoms with Crippen molar-refractivity contribution in [3.8, 4) is 0 Å². The van der Waals surface area contributed by atoms with E-state index in [-0.39, 0.29) is 27.4 Å². The minimum absolute atomic E-state index is 0.0469. The molecule has 0 saturated carbocycles. The van der Waals surface area contributed by atoms with Crippen LogP contribution in [0.3, 0.4) is 0 Å². The van der Waals surface area contributed by atoms with Gasteiger partial charge in [0.1, 0.15) is 4.90 Å². The first-order chi connectivity index (χ1) is 15.6. The molecule has 0 heterocycles. The topological polar surface area (TPSA) is 75.3 Å². The van der Waals surface area contributed by atoms with Crippen molar-refractivity contribution in [3.63, 3.8) is 0 Å². The van der Waals surface area contributed by atoms with E-state index >= 15 is 0 Å². The summed E-state index contributed by atoms with van der Waals surface area (Å²) in [5.74, 6) is 0.00254. The van der Waals surface area contributed by atoms with E-state index in [1.807, 2.05) is 56.3 Å². The fraction of sp³-hybridized carbons (Fsp3) is 0.269. The van der Waals surface area contributed by atoms with Gasteiger partial charge in [0.05, 0.1) is 16.8 Å². The van der Waals surface area contributed by atoms with Gasteiger partial charge in [-0.15, -0.1) is 0 Å². The summed E-state index contributed by atoms with van der Waals surface area (Å²) in [6.07, 6.45) is 0.753. The summed E-state index contributed by atoms with van der Waals surface area (Å²) in [5, 5.41) is 3.09. The third-order valence-electron chi connectivity index (χ3n) is 5.32. The molecule has 7 heteroatoms. The predicted molar refractivity (Wildman–Crippen MR) is 134 cm³/mol.